The number of methoxy groups -OCH3 is 1. The molecule has 19 heavy (non-hydrogen) atoms. The SMILES string of the molecule is COC(=O)C(Cc1cccc(C)c1)N1CCOCC1. The summed E-state index contributed by atoms with van der Waals surface area (Å²) in [5.41, 5.74) is 2.38. The number of ether oxygens (including phenoxy) is 2. The Morgan fingerprint density at radius 3 is 2.79 bits per heavy atom. The number of esters is 1. The zero-order valence-corrected chi connectivity index (χ0v) is 11.6. The molecule has 1 aromatic carbocycles. The van der Waals surface area contributed by atoms with E-state index in [4.69, 9.17) is 9.47 Å². The summed E-state index contributed by atoms with van der Waals surface area (Å²) in [6.45, 7) is 4.99. The first kappa shape index (κ1) is 14.0. The number of benzene rings is 1. The van der Waals surface area contributed by atoms with Crippen molar-refractivity contribution in [2.75, 3.05) is 33.4 Å². The summed E-state index contributed by atoms with van der Waals surface area (Å²) in [4.78, 5) is 14.1. The van der Waals surface area contributed by atoms with E-state index >= 15 is 0 Å². The predicted octanol–water partition coefficient (Wildman–Crippen LogP) is 1.41. The summed E-state index contributed by atoms with van der Waals surface area (Å²) in [6.07, 6.45) is 0.689. The van der Waals surface area contributed by atoms with Gasteiger partial charge in [0, 0.05) is 13.1 Å². The van der Waals surface area contributed by atoms with Crippen LogP contribution in [0.1, 0.15) is 11.1 Å². The molecule has 1 saturated heterocycles. The number of rotatable bonds is 4. The summed E-state index contributed by atoms with van der Waals surface area (Å²) in [5, 5.41) is 0. The van der Waals surface area contributed by atoms with Gasteiger partial charge in [0.25, 0.3) is 0 Å². The number of morpholine rings is 1. The highest BCUT2D eigenvalue weighted by Gasteiger charge is 2.28. The largest absolute Gasteiger partial charge is 0.468 e. The molecule has 1 unspecified atom stereocenters. The molecule has 4 heteroatoms. The Labute approximate surface area is 114 Å². The van der Waals surface area contributed by atoms with Gasteiger partial charge in [0.05, 0.1) is 20.3 Å². The van der Waals surface area contributed by atoms with Crippen LogP contribution >= 0.6 is 0 Å². The van der Waals surface area contributed by atoms with Crippen molar-refractivity contribution in [2.45, 2.75) is 19.4 Å². The Morgan fingerprint density at radius 1 is 1.42 bits per heavy atom. The molecule has 0 spiro atoms. The lowest BCUT2D eigenvalue weighted by Gasteiger charge is -2.32. The summed E-state index contributed by atoms with van der Waals surface area (Å²) in [6, 6.07) is 8.06. The second-order valence-corrected chi connectivity index (χ2v) is 4.88. The average Bonchev–Trinajstić information content (AvgIpc) is 2.45. The van der Waals surface area contributed by atoms with Gasteiger partial charge in [-0.1, -0.05) is 29.8 Å². The predicted molar refractivity (Wildman–Crippen MR) is 73.1 cm³/mol. The molecular formula is C15H21NO3. The van der Waals surface area contributed by atoms with Crippen LogP contribution in [0, 0.1) is 6.92 Å². The van der Waals surface area contributed by atoms with E-state index in [0.29, 0.717) is 19.6 Å². The van der Waals surface area contributed by atoms with E-state index < -0.39 is 0 Å². The molecule has 104 valence electrons. The molecule has 0 N–H and O–H groups in total. The molecule has 4 nitrogen and oxygen atoms in total. The fourth-order valence-corrected chi connectivity index (χ4v) is 2.45. The lowest BCUT2D eigenvalue weighted by molar-refractivity contribution is -0.148. The minimum absolute atomic E-state index is 0.164. The Hall–Kier alpha value is -1.39. The molecule has 1 fully saturated rings. The Kier molecular flexibility index (Phi) is 4.93. The molecule has 1 aliphatic heterocycles. The van der Waals surface area contributed by atoms with Crippen LogP contribution in [0.5, 0.6) is 0 Å². The summed E-state index contributed by atoms with van der Waals surface area (Å²) < 4.78 is 10.3. The second-order valence-electron chi connectivity index (χ2n) is 4.88. The number of carbonyl (C=O) groups excluding carboxylic acids is 1. The van der Waals surface area contributed by atoms with Crippen LogP contribution in [-0.2, 0) is 20.7 Å². The van der Waals surface area contributed by atoms with E-state index in [1.54, 1.807) is 0 Å². The Morgan fingerprint density at radius 2 is 2.16 bits per heavy atom. The number of hydrogen-bond acceptors (Lipinski definition) is 4. The molecule has 1 heterocycles. The minimum Gasteiger partial charge on any atom is -0.468 e. The van der Waals surface area contributed by atoms with Crippen LogP contribution < -0.4 is 0 Å². The van der Waals surface area contributed by atoms with E-state index in [1.165, 1.54) is 18.2 Å². The van der Waals surface area contributed by atoms with Crippen molar-refractivity contribution in [2.24, 2.45) is 0 Å². The molecule has 1 aromatic rings. The van der Waals surface area contributed by atoms with Gasteiger partial charge in [-0.3, -0.25) is 9.69 Å². The van der Waals surface area contributed by atoms with Gasteiger partial charge in [-0.2, -0.15) is 0 Å². The summed E-state index contributed by atoms with van der Waals surface area (Å²) in [7, 11) is 1.45. The summed E-state index contributed by atoms with van der Waals surface area (Å²) >= 11 is 0. The van der Waals surface area contributed by atoms with Crippen molar-refractivity contribution in [3.63, 3.8) is 0 Å². The van der Waals surface area contributed by atoms with Crippen LogP contribution in [0.15, 0.2) is 24.3 Å². The first-order chi connectivity index (χ1) is 9.20. The number of hydrogen-bond donors (Lipinski definition) is 0. The van der Waals surface area contributed by atoms with E-state index in [9.17, 15) is 4.79 Å². The Bertz CT molecular complexity index is 427. The molecule has 0 saturated carbocycles. The first-order valence-electron chi connectivity index (χ1n) is 6.66. The van der Waals surface area contributed by atoms with Crippen molar-refractivity contribution in [1.82, 2.24) is 4.90 Å². The standard InChI is InChI=1S/C15H21NO3/c1-12-4-3-5-13(10-12)11-14(15(17)18-2)16-6-8-19-9-7-16/h3-5,10,14H,6-9,11H2,1-2H3. The maximum Gasteiger partial charge on any atom is 0.323 e. The van der Waals surface area contributed by atoms with Crippen molar-refractivity contribution >= 4 is 5.97 Å². The average molecular weight is 263 g/mol. The van der Waals surface area contributed by atoms with Crippen LogP contribution in [-0.4, -0.2) is 50.3 Å². The monoisotopic (exact) mass is 263 g/mol. The smallest absolute Gasteiger partial charge is 0.323 e. The van der Waals surface area contributed by atoms with Crippen molar-refractivity contribution in [3.05, 3.63) is 35.4 Å². The highest BCUT2D eigenvalue weighted by atomic mass is 16.5. The van der Waals surface area contributed by atoms with Gasteiger partial charge in [-0.15, -0.1) is 0 Å². The Balaban J connectivity index is 2.11. The maximum absolute atomic E-state index is 12.0. The quantitative estimate of drug-likeness (QED) is 0.770. The first-order valence-corrected chi connectivity index (χ1v) is 6.66. The van der Waals surface area contributed by atoms with Crippen LogP contribution in [0.25, 0.3) is 0 Å². The van der Waals surface area contributed by atoms with E-state index in [1.807, 2.05) is 6.07 Å². The van der Waals surface area contributed by atoms with Gasteiger partial charge >= 0.3 is 5.97 Å². The highest BCUT2D eigenvalue weighted by Crippen LogP contribution is 2.13. The zero-order valence-electron chi connectivity index (χ0n) is 11.6. The van der Waals surface area contributed by atoms with E-state index in [0.717, 1.165) is 13.1 Å². The lowest BCUT2D eigenvalue weighted by Crippen LogP contribution is -2.48. The molecule has 2 rings (SSSR count). The maximum atomic E-state index is 12.0. The normalized spacial score (nSPS) is 18.0. The molecule has 0 aliphatic carbocycles. The van der Waals surface area contributed by atoms with Gasteiger partial charge < -0.3 is 9.47 Å². The lowest BCUT2D eigenvalue weighted by atomic mass is 10.0. The molecular weight excluding hydrogens is 242 g/mol. The molecule has 0 aromatic heterocycles. The van der Waals surface area contributed by atoms with Gasteiger partial charge in [0.1, 0.15) is 6.04 Å². The van der Waals surface area contributed by atoms with Crippen LogP contribution in [0.2, 0.25) is 0 Å². The topological polar surface area (TPSA) is 38.8 Å². The van der Waals surface area contributed by atoms with Gasteiger partial charge in [-0.25, -0.2) is 0 Å². The third kappa shape index (κ3) is 3.78. The van der Waals surface area contributed by atoms with Gasteiger partial charge in [0.15, 0.2) is 0 Å². The van der Waals surface area contributed by atoms with E-state index in [2.05, 4.69) is 30.0 Å². The second kappa shape index (κ2) is 6.68. The number of nitrogens with zero attached hydrogens (tertiary/aromatic N) is 1. The van der Waals surface area contributed by atoms with Crippen LogP contribution in [0.3, 0.4) is 0 Å². The molecule has 0 amide bonds. The van der Waals surface area contributed by atoms with Gasteiger partial charge in [-0.05, 0) is 18.9 Å². The van der Waals surface area contributed by atoms with Gasteiger partial charge in [0.2, 0.25) is 0 Å². The third-order valence-corrected chi connectivity index (χ3v) is 3.47. The molecule has 1 atom stereocenters. The number of aryl methyl sites for hydroxylation is 1. The molecule has 0 radical (unpaired) electrons. The number of carbonyl (C=O) groups is 1. The zero-order chi connectivity index (χ0) is 13.7. The van der Waals surface area contributed by atoms with Crippen LogP contribution in [0.4, 0.5) is 0 Å². The van der Waals surface area contributed by atoms with Crippen molar-refractivity contribution in [1.29, 1.82) is 0 Å². The third-order valence-electron chi connectivity index (χ3n) is 3.47. The van der Waals surface area contributed by atoms with Crippen molar-refractivity contribution < 1.29 is 14.3 Å². The van der Waals surface area contributed by atoms with E-state index in [-0.39, 0.29) is 12.0 Å². The minimum atomic E-state index is -0.212. The molecule has 1 aliphatic rings. The molecule has 0 bridgehead atoms. The fraction of sp³-hybridized carbons (Fsp3) is 0.533. The highest BCUT2D eigenvalue weighted by molar-refractivity contribution is 5.76. The summed E-state index contributed by atoms with van der Waals surface area (Å²) in [5.74, 6) is -0.164. The fourth-order valence-electron chi connectivity index (χ4n) is 2.45. The van der Waals surface area contributed by atoms with Crippen molar-refractivity contribution in [3.8, 4) is 0 Å².